The molecule has 1 N–H and O–H groups in total. The molecule has 4 rings (SSSR count). The Labute approximate surface area is 119 Å². The summed E-state index contributed by atoms with van der Waals surface area (Å²) >= 11 is 0. The molecule has 2 aromatic heterocycles. The molecule has 4 aromatic rings. The molecule has 0 bridgehead atoms. The van der Waals surface area contributed by atoms with Crippen molar-refractivity contribution in [3.63, 3.8) is 0 Å². The number of rotatable bonds is 1. The van der Waals surface area contributed by atoms with E-state index >= 15 is 0 Å². The molecule has 2 heterocycles. The molecule has 102 valence electrons. The molecule has 2 nitrogen and oxygen atoms in total. The van der Waals surface area contributed by atoms with Crippen LogP contribution in [0.1, 0.15) is 0 Å². The quantitative estimate of drug-likeness (QED) is 0.539. The average Bonchev–Trinajstić information content (AvgIpc) is 2.86. The maximum absolute atomic E-state index is 14.0. The van der Waals surface area contributed by atoms with E-state index in [1.807, 2.05) is 30.3 Å². The summed E-state index contributed by atoms with van der Waals surface area (Å²) in [6.07, 6.45) is 1.64. The number of para-hydroxylation sites is 1. The van der Waals surface area contributed by atoms with E-state index in [1.54, 1.807) is 6.20 Å². The van der Waals surface area contributed by atoms with Gasteiger partial charge in [-0.3, -0.25) is 4.98 Å². The zero-order chi connectivity index (χ0) is 14.4. The van der Waals surface area contributed by atoms with E-state index in [0.29, 0.717) is 5.69 Å². The van der Waals surface area contributed by atoms with Crippen molar-refractivity contribution >= 4 is 21.8 Å². The molecule has 0 aliphatic rings. The van der Waals surface area contributed by atoms with Gasteiger partial charge in [0.05, 0.1) is 11.2 Å². The maximum Gasteiger partial charge on any atom is 0.135 e. The lowest BCUT2D eigenvalue weighted by Crippen LogP contribution is -1.90. The molecule has 0 amide bonds. The third-order valence-corrected chi connectivity index (χ3v) is 3.61. The van der Waals surface area contributed by atoms with Gasteiger partial charge in [0.25, 0.3) is 0 Å². The molecule has 0 fully saturated rings. The molecule has 0 unspecified atom stereocenters. The van der Waals surface area contributed by atoms with Crippen LogP contribution in [0.4, 0.5) is 8.78 Å². The van der Waals surface area contributed by atoms with Crippen LogP contribution in [0.5, 0.6) is 0 Å². The van der Waals surface area contributed by atoms with Crippen LogP contribution >= 0.6 is 0 Å². The summed E-state index contributed by atoms with van der Waals surface area (Å²) in [4.78, 5) is 7.53. The Morgan fingerprint density at radius 2 is 1.76 bits per heavy atom. The average molecular weight is 280 g/mol. The normalized spacial score (nSPS) is 11.3. The molecule has 0 spiro atoms. The molecule has 21 heavy (non-hydrogen) atoms. The van der Waals surface area contributed by atoms with Crippen LogP contribution in [-0.2, 0) is 0 Å². The highest BCUT2D eigenvalue weighted by atomic mass is 19.1. The third kappa shape index (κ3) is 1.80. The van der Waals surface area contributed by atoms with Crippen LogP contribution in [0, 0.1) is 11.6 Å². The van der Waals surface area contributed by atoms with E-state index in [-0.39, 0.29) is 5.56 Å². The number of benzene rings is 2. The van der Waals surface area contributed by atoms with Crippen LogP contribution in [0.3, 0.4) is 0 Å². The third-order valence-electron chi connectivity index (χ3n) is 3.61. The van der Waals surface area contributed by atoms with Gasteiger partial charge in [0, 0.05) is 34.1 Å². The Morgan fingerprint density at radius 3 is 2.62 bits per heavy atom. The van der Waals surface area contributed by atoms with Crippen LogP contribution in [0.15, 0.2) is 54.7 Å². The van der Waals surface area contributed by atoms with Gasteiger partial charge in [-0.15, -0.1) is 0 Å². The second-order valence-corrected chi connectivity index (χ2v) is 4.88. The van der Waals surface area contributed by atoms with Gasteiger partial charge < -0.3 is 4.98 Å². The van der Waals surface area contributed by atoms with E-state index in [1.165, 1.54) is 12.1 Å². The number of hydrogen-bond acceptors (Lipinski definition) is 1. The molecule has 0 aliphatic heterocycles. The summed E-state index contributed by atoms with van der Waals surface area (Å²) in [5.41, 5.74) is 2.49. The van der Waals surface area contributed by atoms with Crippen LogP contribution in [-0.4, -0.2) is 9.97 Å². The van der Waals surface area contributed by atoms with Crippen molar-refractivity contribution in [2.24, 2.45) is 0 Å². The number of nitrogens with one attached hydrogen (secondary N) is 1. The largest absolute Gasteiger partial charge is 0.353 e. The smallest absolute Gasteiger partial charge is 0.135 e. The number of nitrogens with zero attached hydrogens (tertiary/aromatic N) is 1. The van der Waals surface area contributed by atoms with Gasteiger partial charge >= 0.3 is 0 Å². The van der Waals surface area contributed by atoms with E-state index in [2.05, 4.69) is 9.97 Å². The number of fused-ring (bicyclic) bond motifs is 3. The Hall–Kier alpha value is -2.75. The van der Waals surface area contributed by atoms with Gasteiger partial charge in [-0.25, -0.2) is 8.78 Å². The standard InChI is InChI=1S/C17H10F2N2/c18-10-5-6-13(14(19)9-10)16-17-12(7-8-20-16)11-3-1-2-4-15(11)21-17/h1-9,21H. The van der Waals surface area contributed by atoms with E-state index in [9.17, 15) is 8.78 Å². The zero-order valence-corrected chi connectivity index (χ0v) is 10.9. The predicted octanol–water partition coefficient (Wildman–Crippen LogP) is 4.66. The van der Waals surface area contributed by atoms with Gasteiger partial charge in [0.2, 0.25) is 0 Å². The molecular weight excluding hydrogens is 270 g/mol. The maximum atomic E-state index is 14.0. The molecule has 0 saturated heterocycles. The SMILES string of the molecule is Fc1ccc(-c2nccc3c2[nH]c2ccccc23)c(F)c1. The highest BCUT2D eigenvalue weighted by molar-refractivity contribution is 6.10. The summed E-state index contributed by atoms with van der Waals surface area (Å²) in [5.74, 6) is -1.21. The van der Waals surface area contributed by atoms with Gasteiger partial charge in [-0.05, 0) is 24.3 Å². The van der Waals surface area contributed by atoms with Crippen molar-refractivity contribution < 1.29 is 8.78 Å². The number of hydrogen-bond donors (Lipinski definition) is 1. The molecule has 0 radical (unpaired) electrons. The van der Waals surface area contributed by atoms with E-state index < -0.39 is 11.6 Å². The second-order valence-electron chi connectivity index (χ2n) is 4.88. The van der Waals surface area contributed by atoms with Crippen molar-refractivity contribution in [2.75, 3.05) is 0 Å². The van der Waals surface area contributed by atoms with Gasteiger partial charge in [-0.1, -0.05) is 18.2 Å². The van der Waals surface area contributed by atoms with Gasteiger partial charge in [0.15, 0.2) is 0 Å². The molecule has 0 atom stereocenters. The predicted molar refractivity (Wildman–Crippen MR) is 79.0 cm³/mol. The lowest BCUT2D eigenvalue weighted by Gasteiger charge is -2.04. The van der Waals surface area contributed by atoms with Crippen LogP contribution < -0.4 is 0 Å². The highest BCUT2D eigenvalue weighted by Crippen LogP contribution is 2.32. The minimum Gasteiger partial charge on any atom is -0.353 e. The lowest BCUT2D eigenvalue weighted by molar-refractivity contribution is 0.585. The van der Waals surface area contributed by atoms with E-state index in [4.69, 9.17) is 0 Å². The molecular formula is C17H10F2N2. The molecule has 0 saturated carbocycles. The van der Waals surface area contributed by atoms with Crippen molar-refractivity contribution in [1.29, 1.82) is 0 Å². The highest BCUT2D eigenvalue weighted by Gasteiger charge is 2.14. The topological polar surface area (TPSA) is 28.7 Å². The fraction of sp³-hybridized carbons (Fsp3) is 0. The van der Waals surface area contributed by atoms with Gasteiger partial charge in [0.1, 0.15) is 11.6 Å². The minimum absolute atomic E-state index is 0.286. The summed E-state index contributed by atoms with van der Waals surface area (Å²) in [6.45, 7) is 0. The first kappa shape index (κ1) is 12.0. The summed E-state index contributed by atoms with van der Waals surface area (Å²) in [5, 5.41) is 2.03. The Balaban J connectivity index is 2.09. The minimum atomic E-state index is -0.617. The second kappa shape index (κ2) is 4.38. The summed E-state index contributed by atoms with van der Waals surface area (Å²) in [7, 11) is 0. The van der Waals surface area contributed by atoms with Crippen molar-refractivity contribution in [2.45, 2.75) is 0 Å². The van der Waals surface area contributed by atoms with Crippen molar-refractivity contribution in [1.82, 2.24) is 9.97 Å². The first-order valence-corrected chi connectivity index (χ1v) is 6.55. The number of halogens is 2. The lowest BCUT2D eigenvalue weighted by atomic mass is 10.1. The fourth-order valence-electron chi connectivity index (χ4n) is 2.66. The summed E-state index contributed by atoms with van der Waals surface area (Å²) in [6, 6.07) is 13.3. The fourth-order valence-corrected chi connectivity index (χ4v) is 2.66. The number of aromatic amines is 1. The van der Waals surface area contributed by atoms with Gasteiger partial charge in [-0.2, -0.15) is 0 Å². The zero-order valence-electron chi connectivity index (χ0n) is 10.9. The van der Waals surface area contributed by atoms with Crippen LogP contribution in [0.2, 0.25) is 0 Å². The van der Waals surface area contributed by atoms with Crippen molar-refractivity contribution in [3.05, 3.63) is 66.4 Å². The Morgan fingerprint density at radius 1 is 0.905 bits per heavy atom. The van der Waals surface area contributed by atoms with Crippen LogP contribution in [0.25, 0.3) is 33.1 Å². The number of aromatic nitrogens is 2. The van der Waals surface area contributed by atoms with Crippen molar-refractivity contribution in [3.8, 4) is 11.3 Å². The number of H-pyrrole nitrogens is 1. The summed E-state index contributed by atoms with van der Waals surface area (Å²) < 4.78 is 27.1. The first-order chi connectivity index (χ1) is 10.2. The molecule has 4 heteroatoms. The Kier molecular flexibility index (Phi) is 2.51. The first-order valence-electron chi connectivity index (χ1n) is 6.55. The van der Waals surface area contributed by atoms with E-state index in [0.717, 1.165) is 27.9 Å². The molecule has 2 aromatic carbocycles. The Bertz CT molecular complexity index is 973. The molecule has 0 aliphatic carbocycles. The monoisotopic (exact) mass is 280 g/mol. The number of pyridine rings is 1.